The monoisotopic (exact) mass is 2610 g/mol. The average molecular weight is 2620 g/mol. The van der Waals surface area contributed by atoms with Gasteiger partial charge in [0.25, 0.3) is 0 Å². The van der Waals surface area contributed by atoms with Crippen molar-refractivity contribution in [2.75, 3.05) is 0 Å². The third-order valence-electron chi connectivity index (χ3n) is 20.5. The summed E-state index contributed by atoms with van der Waals surface area (Å²) < 4.78 is 63.1. The van der Waals surface area contributed by atoms with Crippen LogP contribution in [-0.2, 0) is 57.5 Å². The van der Waals surface area contributed by atoms with Crippen LogP contribution in [0.3, 0.4) is 0 Å². The minimum atomic E-state index is -1.69. The highest BCUT2D eigenvalue weighted by molar-refractivity contribution is 9.12. The molecular weight excluding hydrogens is 2500 g/mol. The number of esters is 12. The number of alkyl halides is 12. The van der Waals surface area contributed by atoms with E-state index in [1.165, 1.54) is 190 Å². The second kappa shape index (κ2) is 46.8. The molecule has 0 saturated heterocycles. The van der Waals surface area contributed by atoms with Crippen molar-refractivity contribution in [3.63, 3.8) is 0 Å². The molecule has 36 heteroatoms. The van der Waals surface area contributed by atoms with E-state index in [4.69, 9.17) is 56.8 Å². The van der Waals surface area contributed by atoms with Crippen LogP contribution >= 0.6 is 191 Å². The van der Waals surface area contributed by atoms with Gasteiger partial charge in [-0.15, -0.1) is 0 Å². The molecule has 736 valence electrons. The molecule has 0 amide bonds. The van der Waals surface area contributed by atoms with Crippen molar-refractivity contribution in [3.05, 3.63) is 68.8 Å². The Morgan fingerprint density at radius 3 is 0.356 bits per heavy atom. The van der Waals surface area contributed by atoms with Gasteiger partial charge in [-0.2, -0.15) is 0 Å². The maximum Gasteiger partial charge on any atom is 0.327 e. The number of rotatable bonds is 40. The molecule has 0 unspecified atom stereocenters. The zero-order valence-electron chi connectivity index (χ0n) is 80.3. The van der Waals surface area contributed by atoms with E-state index >= 15 is 57.5 Å². The number of ether oxygens (including phenoxy) is 12. The summed E-state index contributed by atoms with van der Waals surface area (Å²) in [4.78, 5) is 190. The van der Waals surface area contributed by atoms with Crippen molar-refractivity contribution < 1.29 is 114 Å². The quantitative estimate of drug-likeness (QED) is 0.0173. The molecule has 0 N–H and O–H groups in total. The van der Waals surface area contributed by atoms with Gasteiger partial charge in [0.1, 0.15) is 51.9 Å². The van der Waals surface area contributed by atoms with E-state index in [0.29, 0.717) is 51.4 Å². The molecule has 132 heavy (non-hydrogen) atoms. The fourth-order valence-corrected chi connectivity index (χ4v) is 13.8. The standard InChI is InChI=1S/C96H124Br12O24/c1-29-33-37-41-49-53-45-55(63(123-75(111)87(9,10)99)69(129-81(117)93(21,22)105)61(53)121-73(109)85(5,6)97)50(42-38-34-30-2)57-47-59(67(127-79(115)91(17,18)103)71(131-83(119)95(25,26)107)65(57)125-77(113)89(13,14)101)52(44-40-36-32-4)60-48-58(66(126-78(114)90(15,16)102)72(132-84(120)96(27,28)108)68(60)128-80(116)92(19,20)104)51(43-39-35-31-3)56-46-54(49)62(122-74(110)86(7,8)98)70(130-82(118)94(23,24)106)64(56)124-76(112)88(11,12)100/h45-52H,29-44H2,1-28H3. The number of hydrogen-bond acceptors (Lipinski definition) is 24. The number of fused-ring (bicyclic) bond motifs is 8. The minimum Gasteiger partial charge on any atom is -0.421 e. The molecule has 0 atom stereocenters. The number of hydrogen-bond donors (Lipinski definition) is 0. The molecule has 0 radical (unpaired) electrons. The predicted octanol–water partition coefficient (Wildman–Crippen LogP) is 27.8. The highest BCUT2D eigenvalue weighted by Crippen LogP contribution is 2.63. The summed E-state index contributed by atoms with van der Waals surface area (Å²) in [6.45, 7) is 43.2. The molecule has 4 aromatic rings. The van der Waals surface area contributed by atoms with E-state index < -0.39 is 216 Å². The second-order valence-electron chi connectivity index (χ2n) is 38.7. The van der Waals surface area contributed by atoms with E-state index in [9.17, 15) is 0 Å². The van der Waals surface area contributed by atoms with Gasteiger partial charge in [0.15, 0.2) is 46.0 Å². The molecule has 0 aromatic heterocycles. The molecule has 0 saturated carbocycles. The summed E-state index contributed by atoms with van der Waals surface area (Å²) in [5.74, 6) is -27.0. The Balaban J connectivity index is 2.95. The fourth-order valence-electron chi connectivity index (χ4n) is 12.8. The van der Waals surface area contributed by atoms with Crippen molar-refractivity contribution in [1.82, 2.24) is 0 Å². The molecule has 0 aliphatic heterocycles. The van der Waals surface area contributed by atoms with Crippen LogP contribution in [0.2, 0.25) is 0 Å². The Labute approximate surface area is 878 Å². The number of halogens is 12. The minimum absolute atomic E-state index is 0.153. The fraction of sp³-hybridized carbons (Fsp3) is 0.625. The zero-order chi connectivity index (χ0) is 101. The van der Waals surface area contributed by atoms with Crippen molar-refractivity contribution in [1.29, 1.82) is 0 Å². The highest BCUT2D eigenvalue weighted by atomic mass is 79.9. The summed E-state index contributed by atoms with van der Waals surface area (Å²) >= 11 is 42.6. The first-order chi connectivity index (χ1) is 59.9. The lowest BCUT2D eigenvalue weighted by Crippen LogP contribution is -2.34. The van der Waals surface area contributed by atoms with Crippen molar-refractivity contribution >= 4 is 263 Å². The Hall–Kier alpha value is -3.72. The summed E-state index contributed by atoms with van der Waals surface area (Å²) in [6.07, 6.45) is 3.77. The molecule has 0 fully saturated rings. The lowest BCUT2D eigenvalue weighted by atomic mass is 9.75. The topological polar surface area (TPSA) is 316 Å². The summed E-state index contributed by atoms with van der Waals surface area (Å²) in [5, 5.41) is 0. The van der Waals surface area contributed by atoms with E-state index in [0.717, 1.165) is 0 Å². The molecule has 1 aliphatic carbocycles. The molecule has 0 heterocycles. The molecule has 8 bridgehead atoms. The maximum atomic E-state index is 15.8. The Bertz CT molecular complexity index is 4140. The Morgan fingerprint density at radius 1 is 0.182 bits per heavy atom. The highest BCUT2D eigenvalue weighted by Gasteiger charge is 2.50. The number of carbonyl (C=O) groups excluding carboxylic acids is 12. The van der Waals surface area contributed by atoms with Crippen molar-refractivity contribution in [2.45, 2.75) is 372 Å². The van der Waals surface area contributed by atoms with E-state index in [1.807, 2.05) is 27.7 Å². The van der Waals surface area contributed by atoms with E-state index in [1.54, 1.807) is 0 Å². The van der Waals surface area contributed by atoms with Crippen LogP contribution in [0.4, 0.5) is 0 Å². The van der Waals surface area contributed by atoms with Gasteiger partial charge >= 0.3 is 71.6 Å². The molecule has 0 spiro atoms. The van der Waals surface area contributed by atoms with Gasteiger partial charge in [0.05, 0.1) is 0 Å². The van der Waals surface area contributed by atoms with Crippen LogP contribution in [0.1, 0.15) is 365 Å². The largest absolute Gasteiger partial charge is 0.421 e. The lowest BCUT2D eigenvalue weighted by molar-refractivity contribution is -0.140. The van der Waals surface area contributed by atoms with Crippen molar-refractivity contribution in [3.8, 4) is 69.0 Å². The van der Waals surface area contributed by atoms with Crippen molar-refractivity contribution in [2.24, 2.45) is 0 Å². The Kier molecular flexibility index (Phi) is 42.1. The number of unbranched alkanes of at least 4 members (excludes halogenated alkanes) is 8. The predicted molar refractivity (Wildman–Crippen MR) is 553 cm³/mol. The third-order valence-corrected chi connectivity index (χ3v) is 24.4. The molecule has 4 aromatic carbocycles. The van der Waals surface area contributed by atoms with E-state index in [-0.39, 0.29) is 95.9 Å². The van der Waals surface area contributed by atoms with Crippen LogP contribution in [0.25, 0.3) is 0 Å². The normalized spacial score (nSPS) is 15.5. The SMILES string of the molecule is CCCCCC1c2cc(c(OC(=O)C(C)(C)Br)c(OC(=O)C(C)(C)Br)c2OC(=O)C(C)(C)Br)C(CCCCC)c2cc(c(OC(=O)C(C)(C)Br)c(OC(=O)C(C)(C)Br)c2OC(=O)C(C)(C)Br)C(CCCCC)c2cc(c(OC(=O)C(C)(C)Br)c(OC(=O)C(C)(C)Br)c2OC(=O)C(C)(C)Br)C(CCCCC)c2cc1c(OC(=O)C(C)(C)Br)c(OC(=O)C(C)(C)Br)c2OC(=O)C(C)(C)Br. The number of carbonyl (C=O) groups is 12. The first kappa shape index (κ1) is 119. The van der Waals surface area contributed by atoms with Gasteiger partial charge in [0.2, 0.25) is 23.0 Å². The Morgan fingerprint density at radius 2 is 0.273 bits per heavy atom. The van der Waals surface area contributed by atoms with Gasteiger partial charge in [0, 0.05) is 68.2 Å². The maximum absolute atomic E-state index is 15.8. The lowest BCUT2D eigenvalue weighted by Gasteiger charge is -2.35. The van der Waals surface area contributed by atoms with Crippen LogP contribution in [-0.4, -0.2) is 124 Å². The summed E-state index contributed by atoms with van der Waals surface area (Å²) in [7, 11) is 0. The van der Waals surface area contributed by atoms with Gasteiger partial charge in [-0.1, -0.05) is 296 Å². The van der Waals surface area contributed by atoms with E-state index in [2.05, 4.69) is 191 Å². The summed E-state index contributed by atoms with van der Waals surface area (Å²) in [5.41, 5.74) is -1.22. The third kappa shape index (κ3) is 32.2. The van der Waals surface area contributed by atoms with Crippen LogP contribution in [0.15, 0.2) is 24.3 Å². The smallest absolute Gasteiger partial charge is 0.327 e. The zero-order valence-corrected chi connectivity index (χ0v) is 99.3. The van der Waals surface area contributed by atoms with Gasteiger partial charge in [-0.3, -0.25) is 57.5 Å². The first-order valence-corrected chi connectivity index (χ1v) is 53.2. The summed E-state index contributed by atoms with van der Waals surface area (Å²) in [6, 6.07) is 6.16. The molecule has 1 aliphatic rings. The average Bonchev–Trinajstić information content (AvgIpc) is 0.719. The molecule has 5 rings (SSSR count). The second-order valence-corrected chi connectivity index (χ2v) is 62.5. The molecular formula is C96H124Br12O24. The van der Waals surface area contributed by atoms with Gasteiger partial charge in [-0.05, 0) is 216 Å². The van der Waals surface area contributed by atoms with Crippen LogP contribution in [0, 0.1) is 0 Å². The van der Waals surface area contributed by atoms with Crippen LogP contribution in [0.5, 0.6) is 69.0 Å². The van der Waals surface area contributed by atoms with Crippen LogP contribution < -0.4 is 56.8 Å². The van der Waals surface area contributed by atoms with Gasteiger partial charge in [-0.25, -0.2) is 0 Å². The molecule has 24 nitrogen and oxygen atoms in total. The number of benzene rings is 4. The van der Waals surface area contributed by atoms with Gasteiger partial charge < -0.3 is 56.8 Å². The first-order valence-electron chi connectivity index (χ1n) is 43.7.